The van der Waals surface area contributed by atoms with Crippen LogP contribution in [0.2, 0.25) is 0 Å². The Morgan fingerprint density at radius 1 is 1.00 bits per heavy atom. The van der Waals surface area contributed by atoms with Crippen molar-refractivity contribution in [3.8, 4) is 0 Å². The standard InChI is InChI=1S/C22H28N2O/c1-24(20-13-6-3-7-14-20)17-19-12-8-9-15-21(19)23-22(25)16-18-10-4-2-5-11-18/h2,4-5,8-12,15,20H,3,6-7,13-14,16-17H2,1H3,(H,23,25). The maximum atomic E-state index is 12.4. The second kappa shape index (κ2) is 8.82. The molecule has 25 heavy (non-hydrogen) atoms. The van der Waals surface area contributed by atoms with Crippen molar-refractivity contribution >= 4 is 11.6 Å². The minimum absolute atomic E-state index is 0.0407. The highest BCUT2D eigenvalue weighted by atomic mass is 16.1. The smallest absolute Gasteiger partial charge is 0.228 e. The Hall–Kier alpha value is -2.13. The Bertz CT molecular complexity index is 677. The molecule has 0 bridgehead atoms. The molecule has 3 nitrogen and oxygen atoms in total. The topological polar surface area (TPSA) is 32.3 Å². The van der Waals surface area contributed by atoms with Crippen LogP contribution in [-0.4, -0.2) is 23.9 Å². The number of nitrogens with one attached hydrogen (secondary N) is 1. The van der Waals surface area contributed by atoms with Crippen molar-refractivity contribution in [2.75, 3.05) is 12.4 Å². The van der Waals surface area contributed by atoms with Gasteiger partial charge in [0.05, 0.1) is 6.42 Å². The van der Waals surface area contributed by atoms with Gasteiger partial charge in [-0.2, -0.15) is 0 Å². The predicted octanol–water partition coefficient (Wildman–Crippen LogP) is 4.63. The van der Waals surface area contributed by atoms with Crippen LogP contribution in [-0.2, 0) is 17.8 Å². The van der Waals surface area contributed by atoms with Gasteiger partial charge in [0.25, 0.3) is 0 Å². The van der Waals surface area contributed by atoms with Crippen molar-refractivity contribution in [1.29, 1.82) is 0 Å². The molecule has 1 aliphatic carbocycles. The monoisotopic (exact) mass is 336 g/mol. The van der Waals surface area contributed by atoms with Gasteiger partial charge in [-0.3, -0.25) is 9.69 Å². The molecule has 3 heteroatoms. The lowest BCUT2D eigenvalue weighted by atomic mass is 9.94. The Morgan fingerprint density at radius 3 is 2.44 bits per heavy atom. The van der Waals surface area contributed by atoms with E-state index in [4.69, 9.17) is 0 Å². The lowest BCUT2D eigenvalue weighted by Crippen LogP contribution is -2.33. The molecule has 3 rings (SSSR count). The fourth-order valence-corrected chi connectivity index (χ4v) is 3.68. The van der Waals surface area contributed by atoms with E-state index in [9.17, 15) is 4.79 Å². The van der Waals surface area contributed by atoms with Crippen molar-refractivity contribution in [2.24, 2.45) is 0 Å². The zero-order valence-corrected chi connectivity index (χ0v) is 15.1. The average molecular weight is 336 g/mol. The van der Waals surface area contributed by atoms with Gasteiger partial charge >= 0.3 is 0 Å². The SMILES string of the molecule is CN(Cc1ccccc1NC(=O)Cc1ccccc1)C1CCCCC1. The highest BCUT2D eigenvalue weighted by Gasteiger charge is 2.19. The summed E-state index contributed by atoms with van der Waals surface area (Å²) >= 11 is 0. The van der Waals surface area contributed by atoms with E-state index in [0.717, 1.165) is 17.8 Å². The van der Waals surface area contributed by atoms with E-state index < -0.39 is 0 Å². The zero-order chi connectivity index (χ0) is 17.5. The Morgan fingerprint density at radius 2 is 1.68 bits per heavy atom. The summed E-state index contributed by atoms with van der Waals surface area (Å²) in [5.41, 5.74) is 3.17. The Labute approximate surface area is 151 Å². The summed E-state index contributed by atoms with van der Waals surface area (Å²) in [6.45, 7) is 0.881. The van der Waals surface area contributed by atoms with E-state index in [2.05, 4.69) is 29.4 Å². The molecule has 1 fully saturated rings. The maximum absolute atomic E-state index is 12.4. The van der Waals surface area contributed by atoms with Crippen molar-refractivity contribution in [3.63, 3.8) is 0 Å². The molecule has 1 amide bonds. The number of anilines is 1. The first-order chi connectivity index (χ1) is 12.2. The van der Waals surface area contributed by atoms with Gasteiger partial charge in [0.2, 0.25) is 5.91 Å². The number of rotatable bonds is 6. The molecule has 0 atom stereocenters. The molecular weight excluding hydrogens is 308 g/mol. The number of nitrogens with zero attached hydrogens (tertiary/aromatic N) is 1. The highest BCUT2D eigenvalue weighted by Crippen LogP contribution is 2.25. The van der Waals surface area contributed by atoms with Crippen LogP contribution in [0, 0.1) is 0 Å². The van der Waals surface area contributed by atoms with E-state index in [1.807, 2.05) is 42.5 Å². The summed E-state index contributed by atoms with van der Waals surface area (Å²) in [7, 11) is 2.21. The molecule has 0 saturated heterocycles. The molecule has 0 heterocycles. The van der Waals surface area contributed by atoms with Gasteiger partial charge in [0.15, 0.2) is 0 Å². The Balaban J connectivity index is 1.63. The van der Waals surface area contributed by atoms with Gasteiger partial charge in [-0.1, -0.05) is 67.8 Å². The number of para-hydroxylation sites is 1. The van der Waals surface area contributed by atoms with Gasteiger partial charge < -0.3 is 5.32 Å². The molecule has 0 aromatic heterocycles. The molecule has 132 valence electrons. The molecule has 1 aliphatic rings. The highest BCUT2D eigenvalue weighted by molar-refractivity contribution is 5.92. The third-order valence-electron chi connectivity index (χ3n) is 5.12. The number of hydrogen-bond donors (Lipinski definition) is 1. The summed E-state index contributed by atoms with van der Waals surface area (Å²) in [6.07, 6.45) is 7.04. The fourth-order valence-electron chi connectivity index (χ4n) is 3.68. The second-order valence-electron chi connectivity index (χ2n) is 7.07. The molecule has 0 unspecified atom stereocenters. The summed E-state index contributed by atoms with van der Waals surface area (Å²) < 4.78 is 0. The largest absolute Gasteiger partial charge is 0.325 e. The van der Waals surface area contributed by atoms with E-state index in [1.165, 1.54) is 37.7 Å². The van der Waals surface area contributed by atoms with Gasteiger partial charge in [0, 0.05) is 18.3 Å². The Kier molecular flexibility index (Phi) is 6.24. The molecule has 2 aromatic carbocycles. The van der Waals surface area contributed by atoms with Crippen molar-refractivity contribution in [2.45, 2.75) is 51.1 Å². The molecule has 0 aliphatic heterocycles. The van der Waals surface area contributed by atoms with E-state index in [-0.39, 0.29) is 5.91 Å². The van der Waals surface area contributed by atoms with Crippen LogP contribution in [0.5, 0.6) is 0 Å². The summed E-state index contributed by atoms with van der Waals surface area (Å²) in [5.74, 6) is 0.0407. The van der Waals surface area contributed by atoms with E-state index in [1.54, 1.807) is 0 Å². The number of amides is 1. The third kappa shape index (κ3) is 5.17. The lowest BCUT2D eigenvalue weighted by Gasteiger charge is -2.31. The maximum Gasteiger partial charge on any atom is 0.228 e. The molecule has 0 radical (unpaired) electrons. The molecule has 2 aromatic rings. The molecular formula is C22H28N2O. The minimum atomic E-state index is 0.0407. The number of carbonyl (C=O) groups is 1. The lowest BCUT2D eigenvalue weighted by molar-refractivity contribution is -0.115. The summed E-state index contributed by atoms with van der Waals surface area (Å²) in [6, 6.07) is 18.7. The van der Waals surface area contributed by atoms with Crippen LogP contribution in [0.15, 0.2) is 54.6 Å². The van der Waals surface area contributed by atoms with Crippen molar-refractivity contribution in [1.82, 2.24) is 4.90 Å². The summed E-state index contributed by atoms with van der Waals surface area (Å²) in [4.78, 5) is 14.8. The summed E-state index contributed by atoms with van der Waals surface area (Å²) in [5, 5.41) is 3.10. The van der Waals surface area contributed by atoms with E-state index in [0.29, 0.717) is 12.5 Å². The first-order valence-corrected chi connectivity index (χ1v) is 9.34. The van der Waals surface area contributed by atoms with Crippen LogP contribution >= 0.6 is 0 Å². The first-order valence-electron chi connectivity index (χ1n) is 9.34. The zero-order valence-electron chi connectivity index (χ0n) is 15.1. The predicted molar refractivity (Wildman–Crippen MR) is 104 cm³/mol. The molecule has 1 saturated carbocycles. The number of benzene rings is 2. The van der Waals surface area contributed by atoms with Crippen molar-refractivity contribution < 1.29 is 4.79 Å². The average Bonchev–Trinajstić information content (AvgIpc) is 2.65. The first kappa shape index (κ1) is 17.7. The minimum Gasteiger partial charge on any atom is -0.325 e. The van der Waals surface area contributed by atoms with Gasteiger partial charge in [-0.15, -0.1) is 0 Å². The van der Waals surface area contributed by atoms with Crippen LogP contribution in [0.3, 0.4) is 0 Å². The van der Waals surface area contributed by atoms with Crippen LogP contribution < -0.4 is 5.32 Å². The van der Waals surface area contributed by atoms with Gasteiger partial charge in [0.1, 0.15) is 0 Å². The number of hydrogen-bond acceptors (Lipinski definition) is 2. The molecule has 1 N–H and O–H groups in total. The van der Waals surface area contributed by atoms with Crippen LogP contribution in [0.4, 0.5) is 5.69 Å². The van der Waals surface area contributed by atoms with Crippen LogP contribution in [0.1, 0.15) is 43.2 Å². The van der Waals surface area contributed by atoms with Gasteiger partial charge in [-0.25, -0.2) is 0 Å². The second-order valence-corrected chi connectivity index (χ2v) is 7.07. The normalized spacial score (nSPS) is 15.3. The van der Waals surface area contributed by atoms with E-state index >= 15 is 0 Å². The van der Waals surface area contributed by atoms with Gasteiger partial charge in [-0.05, 0) is 37.1 Å². The molecule has 0 spiro atoms. The van der Waals surface area contributed by atoms with Crippen molar-refractivity contribution in [3.05, 3.63) is 65.7 Å². The number of carbonyl (C=O) groups excluding carboxylic acids is 1. The quantitative estimate of drug-likeness (QED) is 0.834. The fraction of sp³-hybridized carbons (Fsp3) is 0.409. The van der Waals surface area contributed by atoms with Crippen LogP contribution in [0.25, 0.3) is 0 Å². The third-order valence-corrected chi connectivity index (χ3v) is 5.12.